The molecule has 0 aromatic carbocycles. The van der Waals surface area contributed by atoms with E-state index in [1.54, 1.807) is 6.08 Å². The average molecular weight is 798 g/mol. The third-order valence-electron chi connectivity index (χ3n) is 11.6. The van der Waals surface area contributed by atoms with Gasteiger partial charge in [0.25, 0.3) is 0 Å². The summed E-state index contributed by atoms with van der Waals surface area (Å²) < 4.78 is 11.2. The number of hydrogen-bond donors (Lipinski definition) is 6. The standard InChI is InChI=1S/C47H91NO8/c1-3-5-7-9-11-13-15-17-18-19-20-21-22-23-24-25-27-29-31-33-35-37-43(51)48-40(39-55-47-46(54)45(53)44(52)42(38-49)56-47)41(50)36-34-32-30-28-26-16-14-12-10-8-6-4-2/h34,36,40-42,44-47,49-50,52-54H,3-33,35,37-39H2,1-2H3,(H,48,51)/b36-34+/t40-,41+,42+,44+,45-,46+,47+/m0/s1. The van der Waals surface area contributed by atoms with E-state index >= 15 is 0 Å². The Labute approximate surface area is 344 Å². The van der Waals surface area contributed by atoms with Crippen LogP contribution in [0.5, 0.6) is 0 Å². The number of nitrogens with one attached hydrogen (secondary N) is 1. The normalized spacial score (nSPS) is 21.2. The van der Waals surface area contributed by atoms with Gasteiger partial charge in [-0.25, -0.2) is 0 Å². The molecule has 7 atom stereocenters. The van der Waals surface area contributed by atoms with Crippen molar-refractivity contribution in [2.75, 3.05) is 13.2 Å². The summed E-state index contributed by atoms with van der Waals surface area (Å²) in [6.07, 6.45) is 36.9. The predicted molar refractivity (Wildman–Crippen MR) is 231 cm³/mol. The van der Waals surface area contributed by atoms with E-state index in [4.69, 9.17) is 9.47 Å². The van der Waals surface area contributed by atoms with Crippen LogP contribution in [0.15, 0.2) is 12.2 Å². The molecule has 6 N–H and O–H groups in total. The Balaban J connectivity index is 2.27. The number of ether oxygens (including phenoxy) is 2. The minimum absolute atomic E-state index is 0.174. The van der Waals surface area contributed by atoms with E-state index in [9.17, 15) is 30.3 Å². The fraction of sp³-hybridized carbons (Fsp3) is 0.936. The number of hydrogen-bond acceptors (Lipinski definition) is 8. The lowest BCUT2D eigenvalue weighted by atomic mass is 9.99. The molecule has 56 heavy (non-hydrogen) atoms. The first-order chi connectivity index (χ1) is 27.3. The van der Waals surface area contributed by atoms with Crippen LogP contribution in [0.4, 0.5) is 0 Å². The third-order valence-corrected chi connectivity index (χ3v) is 11.6. The Bertz CT molecular complexity index is 888. The highest BCUT2D eigenvalue weighted by Crippen LogP contribution is 2.23. The number of allylic oxidation sites excluding steroid dienone is 1. The van der Waals surface area contributed by atoms with Gasteiger partial charge in [-0.1, -0.05) is 212 Å². The van der Waals surface area contributed by atoms with Gasteiger partial charge in [0.2, 0.25) is 5.91 Å². The first kappa shape index (κ1) is 52.9. The van der Waals surface area contributed by atoms with E-state index in [0.717, 1.165) is 38.5 Å². The number of amides is 1. The van der Waals surface area contributed by atoms with E-state index in [1.807, 2.05) is 6.08 Å². The van der Waals surface area contributed by atoms with Gasteiger partial charge in [0, 0.05) is 6.42 Å². The van der Waals surface area contributed by atoms with E-state index in [-0.39, 0.29) is 12.5 Å². The molecule has 1 fully saturated rings. The van der Waals surface area contributed by atoms with Crippen LogP contribution in [-0.2, 0) is 14.3 Å². The molecule has 0 unspecified atom stereocenters. The second kappa shape index (κ2) is 38.2. The van der Waals surface area contributed by atoms with Crippen molar-refractivity contribution in [1.82, 2.24) is 5.32 Å². The SMILES string of the molecule is CCCCCCCCCCCC/C=C/[C@@H](O)[C@H](CO[C@@H]1O[C@H](CO)[C@@H](O)[C@H](O)[C@H]1O)NC(=O)CCCCCCCCCCCCCCCCCCCCCCC. The summed E-state index contributed by atoms with van der Waals surface area (Å²) in [7, 11) is 0. The van der Waals surface area contributed by atoms with Crippen molar-refractivity contribution in [2.24, 2.45) is 0 Å². The molecular formula is C47H91NO8. The molecule has 332 valence electrons. The Hall–Kier alpha value is -1.07. The molecule has 0 bridgehead atoms. The second-order valence-corrected chi connectivity index (χ2v) is 16.9. The zero-order valence-corrected chi connectivity index (χ0v) is 36.4. The predicted octanol–water partition coefficient (Wildman–Crippen LogP) is 10.1. The molecule has 1 aliphatic heterocycles. The number of aliphatic hydroxyl groups is 5. The second-order valence-electron chi connectivity index (χ2n) is 16.9. The smallest absolute Gasteiger partial charge is 0.220 e. The highest BCUT2D eigenvalue weighted by molar-refractivity contribution is 5.76. The molecule has 1 heterocycles. The summed E-state index contributed by atoms with van der Waals surface area (Å²) >= 11 is 0. The Morgan fingerprint density at radius 3 is 1.39 bits per heavy atom. The van der Waals surface area contributed by atoms with Crippen LogP contribution < -0.4 is 5.32 Å². The van der Waals surface area contributed by atoms with Gasteiger partial charge < -0.3 is 40.3 Å². The summed E-state index contributed by atoms with van der Waals surface area (Å²) in [4.78, 5) is 13.0. The average Bonchev–Trinajstić information content (AvgIpc) is 3.20. The summed E-state index contributed by atoms with van der Waals surface area (Å²) in [6, 6.07) is -0.797. The van der Waals surface area contributed by atoms with Crippen molar-refractivity contribution in [3.63, 3.8) is 0 Å². The zero-order valence-electron chi connectivity index (χ0n) is 36.4. The quantitative estimate of drug-likeness (QED) is 0.0265. The Morgan fingerprint density at radius 1 is 0.589 bits per heavy atom. The molecule has 0 saturated carbocycles. The van der Waals surface area contributed by atoms with E-state index in [0.29, 0.717) is 6.42 Å². The maximum Gasteiger partial charge on any atom is 0.220 e. The number of carbonyl (C=O) groups excluding carboxylic acids is 1. The number of aliphatic hydroxyl groups excluding tert-OH is 5. The third kappa shape index (κ3) is 28.4. The first-order valence-electron chi connectivity index (χ1n) is 23.9. The molecule has 0 aliphatic carbocycles. The van der Waals surface area contributed by atoms with Gasteiger partial charge in [0.05, 0.1) is 25.4 Å². The molecule has 1 saturated heterocycles. The summed E-state index contributed by atoms with van der Waals surface area (Å²) in [5, 5.41) is 54.2. The molecule has 1 amide bonds. The number of unbranched alkanes of at least 4 members (excludes halogenated alkanes) is 30. The van der Waals surface area contributed by atoms with Crippen molar-refractivity contribution in [3.8, 4) is 0 Å². The van der Waals surface area contributed by atoms with Gasteiger partial charge in [-0.05, 0) is 19.3 Å². The molecule has 9 nitrogen and oxygen atoms in total. The Kier molecular flexibility index (Phi) is 36.1. The molecule has 1 rings (SSSR count). The van der Waals surface area contributed by atoms with Gasteiger partial charge in [-0.3, -0.25) is 4.79 Å². The van der Waals surface area contributed by atoms with Crippen LogP contribution in [0.2, 0.25) is 0 Å². The van der Waals surface area contributed by atoms with Crippen LogP contribution in [0.1, 0.15) is 226 Å². The molecule has 0 aromatic rings. The monoisotopic (exact) mass is 798 g/mol. The van der Waals surface area contributed by atoms with E-state index in [2.05, 4.69) is 19.2 Å². The molecule has 0 aromatic heterocycles. The molecular weight excluding hydrogens is 707 g/mol. The highest BCUT2D eigenvalue weighted by Gasteiger charge is 2.44. The zero-order chi connectivity index (χ0) is 40.9. The van der Waals surface area contributed by atoms with Crippen molar-refractivity contribution >= 4 is 5.91 Å². The minimum Gasteiger partial charge on any atom is -0.394 e. The van der Waals surface area contributed by atoms with Crippen molar-refractivity contribution < 1.29 is 39.8 Å². The summed E-state index contributed by atoms with van der Waals surface area (Å²) in [5.74, 6) is -0.174. The van der Waals surface area contributed by atoms with E-state index in [1.165, 1.54) is 167 Å². The van der Waals surface area contributed by atoms with Crippen molar-refractivity contribution in [3.05, 3.63) is 12.2 Å². The first-order valence-corrected chi connectivity index (χ1v) is 23.9. The largest absolute Gasteiger partial charge is 0.394 e. The van der Waals surface area contributed by atoms with Gasteiger partial charge in [-0.15, -0.1) is 0 Å². The maximum atomic E-state index is 13.0. The minimum atomic E-state index is -1.56. The van der Waals surface area contributed by atoms with Crippen molar-refractivity contribution in [1.29, 1.82) is 0 Å². The van der Waals surface area contributed by atoms with E-state index < -0.39 is 49.5 Å². The van der Waals surface area contributed by atoms with Crippen LogP contribution in [0.25, 0.3) is 0 Å². The highest BCUT2D eigenvalue weighted by atomic mass is 16.7. The summed E-state index contributed by atoms with van der Waals surface area (Å²) in [5.41, 5.74) is 0. The topological polar surface area (TPSA) is 149 Å². The van der Waals surface area contributed by atoms with Crippen molar-refractivity contribution in [2.45, 2.75) is 269 Å². The lowest BCUT2D eigenvalue weighted by Gasteiger charge is -2.40. The Morgan fingerprint density at radius 2 is 0.982 bits per heavy atom. The van der Waals surface area contributed by atoms with Gasteiger partial charge in [0.15, 0.2) is 6.29 Å². The van der Waals surface area contributed by atoms with Gasteiger partial charge in [0.1, 0.15) is 24.4 Å². The lowest BCUT2D eigenvalue weighted by molar-refractivity contribution is -0.302. The molecule has 0 spiro atoms. The van der Waals surface area contributed by atoms with Gasteiger partial charge >= 0.3 is 0 Å². The molecule has 9 heteroatoms. The maximum absolute atomic E-state index is 13.0. The fourth-order valence-corrected chi connectivity index (χ4v) is 7.75. The number of carbonyl (C=O) groups is 1. The molecule has 0 radical (unpaired) electrons. The number of rotatable bonds is 40. The van der Waals surface area contributed by atoms with Crippen LogP contribution in [0, 0.1) is 0 Å². The van der Waals surface area contributed by atoms with Crippen LogP contribution in [0.3, 0.4) is 0 Å². The lowest BCUT2D eigenvalue weighted by Crippen LogP contribution is -2.60. The molecule has 1 aliphatic rings. The fourth-order valence-electron chi connectivity index (χ4n) is 7.75. The van der Waals surface area contributed by atoms with Crippen LogP contribution in [-0.4, -0.2) is 87.5 Å². The van der Waals surface area contributed by atoms with Gasteiger partial charge in [-0.2, -0.15) is 0 Å². The summed E-state index contributed by atoms with van der Waals surface area (Å²) in [6.45, 7) is 3.78. The van der Waals surface area contributed by atoms with Crippen LogP contribution >= 0.6 is 0 Å².